The minimum absolute atomic E-state index is 0.112. The van der Waals surface area contributed by atoms with Crippen molar-refractivity contribution >= 4 is 52.3 Å². The van der Waals surface area contributed by atoms with Crippen molar-refractivity contribution in [3.05, 3.63) is 120 Å². The Morgan fingerprint density at radius 1 is 0.848 bits per heavy atom. The number of rotatable bonds is 9. The van der Waals surface area contributed by atoms with E-state index in [1.54, 1.807) is 65.6 Å². The van der Waals surface area contributed by atoms with Gasteiger partial charge in [0.2, 0.25) is 17.7 Å². The molecule has 0 bridgehead atoms. The van der Waals surface area contributed by atoms with Crippen molar-refractivity contribution in [1.82, 2.24) is 0 Å². The summed E-state index contributed by atoms with van der Waals surface area (Å²) in [5, 5.41) is 9.78. The number of amides is 4. The molecule has 1 atom stereocenters. The topological polar surface area (TPSA) is 141 Å². The smallest absolute Gasteiger partial charge is 0.335 e. The van der Waals surface area contributed by atoms with Crippen molar-refractivity contribution in [2.75, 3.05) is 21.2 Å². The van der Waals surface area contributed by atoms with Crippen LogP contribution in [0.1, 0.15) is 42.3 Å². The Bertz CT molecular complexity index is 1820. The molecule has 5 rings (SSSR count). The Morgan fingerprint density at radius 3 is 2.09 bits per heavy atom. The highest BCUT2D eigenvalue weighted by molar-refractivity contribution is 6.27. The van der Waals surface area contributed by atoms with E-state index in [1.165, 1.54) is 41.0 Å². The summed E-state index contributed by atoms with van der Waals surface area (Å²) in [6.07, 6.45) is -0.247. The fourth-order valence-corrected chi connectivity index (χ4v) is 5.90. The summed E-state index contributed by atoms with van der Waals surface area (Å²) in [5.74, 6) is -3.72. The summed E-state index contributed by atoms with van der Waals surface area (Å²) in [6.45, 7) is 4.69. The van der Waals surface area contributed by atoms with E-state index >= 15 is 0 Å². The number of hydrogen-bond donors (Lipinski definition) is 2. The Balaban J connectivity index is 1.79. The quantitative estimate of drug-likeness (QED) is 0.258. The molecule has 1 heterocycles. The summed E-state index contributed by atoms with van der Waals surface area (Å²) in [4.78, 5) is 72.6. The molecule has 4 amide bonds. The van der Waals surface area contributed by atoms with Gasteiger partial charge in [-0.3, -0.25) is 29.0 Å². The number of anilines is 4. The number of fused-ring (bicyclic) bond motifs is 1. The molecule has 0 saturated heterocycles. The Morgan fingerprint density at radius 2 is 1.48 bits per heavy atom. The number of carboxylic acid groups (broad SMARTS) is 1. The molecule has 10 heteroatoms. The average molecular weight is 619 g/mol. The van der Waals surface area contributed by atoms with Gasteiger partial charge in [0.05, 0.1) is 23.4 Å². The van der Waals surface area contributed by atoms with Gasteiger partial charge in [0.25, 0.3) is 5.91 Å². The molecule has 0 radical (unpaired) electrons. The molecule has 0 aromatic heterocycles. The molecule has 4 aromatic carbocycles. The van der Waals surface area contributed by atoms with Gasteiger partial charge in [-0.25, -0.2) is 4.79 Å². The summed E-state index contributed by atoms with van der Waals surface area (Å²) in [7, 11) is 0. The van der Waals surface area contributed by atoms with Crippen LogP contribution in [0.2, 0.25) is 0 Å². The lowest BCUT2D eigenvalue weighted by atomic mass is 9.79. The Labute approximate surface area is 266 Å². The molecule has 10 nitrogen and oxygen atoms in total. The monoisotopic (exact) mass is 618 g/mol. The van der Waals surface area contributed by atoms with Gasteiger partial charge in [-0.2, -0.15) is 0 Å². The maximum Gasteiger partial charge on any atom is 0.335 e. The number of aromatic carboxylic acids is 1. The van der Waals surface area contributed by atoms with Gasteiger partial charge >= 0.3 is 5.97 Å². The standard InChI is InChI=1S/C36H34N4O6/c1-23(2)39(27-15-6-4-7-16-27)31(42)22-38-29-19-11-12-24(21-30(37)41)32(29)40(28-17-8-5-9-18-28)35(46)36(3,34(38)45)26-14-10-13-25(20-26)33(43)44/h4-20,23H,21-22H2,1-3H3,(H2,37,41)(H,43,44). The van der Waals surface area contributed by atoms with Gasteiger partial charge in [-0.1, -0.05) is 60.7 Å². The fourth-order valence-electron chi connectivity index (χ4n) is 5.90. The van der Waals surface area contributed by atoms with Crippen molar-refractivity contribution in [2.24, 2.45) is 5.73 Å². The number of nitrogens with two attached hydrogens (primary N) is 1. The van der Waals surface area contributed by atoms with E-state index in [9.17, 15) is 29.1 Å². The lowest BCUT2D eigenvalue weighted by molar-refractivity contribution is -0.134. The highest BCUT2D eigenvalue weighted by Crippen LogP contribution is 2.46. The maximum absolute atomic E-state index is 15.0. The molecule has 0 spiro atoms. The number of benzene rings is 4. The normalized spacial score (nSPS) is 16.2. The molecule has 0 aliphatic carbocycles. The van der Waals surface area contributed by atoms with Crippen LogP contribution in [0, 0.1) is 0 Å². The van der Waals surface area contributed by atoms with Crippen LogP contribution in [-0.4, -0.2) is 47.3 Å². The second kappa shape index (κ2) is 12.7. The third-order valence-corrected chi connectivity index (χ3v) is 8.10. The van der Waals surface area contributed by atoms with Gasteiger partial charge in [-0.05, 0) is 74.4 Å². The second-order valence-electron chi connectivity index (χ2n) is 11.5. The largest absolute Gasteiger partial charge is 0.478 e. The van der Waals surface area contributed by atoms with E-state index < -0.39 is 41.6 Å². The Kier molecular flexibility index (Phi) is 8.73. The molecule has 3 N–H and O–H groups in total. The van der Waals surface area contributed by atoms with Crippen LogP contribution in [0.3, 0.4) is 0 Å². The molecule has 1 unspecified atom stereocenters. The molecule has 46 heavy (non-hydrogen) atoms. The average Bonchev–Trinajstić information content (AvgIpc) is 3.10. The van der Waals surface area contributed by atoms with Crippen LogP contribution in [0.15, 0.2) is 103 Å². The zero-order chi connectivity index (χ0) is 33.2. The van der Waals surface area contributed by atoms with E-state index in [1.807, 2.05) is 32.0 Å². The molecular formula is C36H34N4O6. The highest BCUT2D eigenvalue weighted by atomic mass is 16.4. The molecular weight excluding hydrogens is 584 g/mol. The van der Waals surface area contributed by atoms with Crippen LogP contribution < -0.4 is 20.4 Å². The summed E-state index contributed by atoms with van der Waals surface area (Å²) < 4.78 is 0. The third kappa shape index (κ3) is 5.72. The summed E-state index contributed by atoms with van der Waals surface area (Å²) in [5.41, 5.74) is 5.53. The van der Waals surface area contributed by atoms with Crippen molar-refractivity contribution in [3.8, 4) is 0 Å². The number of nitrogens with zero attached hydrogens (tertiary/aromatic N) is 3. The van der Waals surface area contributed by atoms with E-state index in [2.05, 4.69) is 0 Å². The first-order valence-corrected chi connectivity index (χ1v) is 14.8. The minimum Gasteiger partial charge on any atom is -0.478 e. The van der Waals surface area contributed by atoms with Crippen LogP contribution in [0.25, 0.3) is 0 Å². The number of primary amides is 1. The van der Waals surface area contributed by atoms with Gasteiger partial charge < -0.3 is 15.7 Å². The van der Waals surface area contributed by atoms with Crippen LogP contribution in [-0.2, 0) is 31.0 Å². The molecule has 1 aliphatic rings. The predicted molar refractivity (Wildman–Crippen MR) is 175 cm³/mol. The SMILES string of the molecule is CC(C)N(C(=O)CN1C(=O)C(C)(c2cccc(C(=O)O)c2)C(=O)N(c2ccccc2)c2c(CC(N)=O)cccc21)c1ccccc1. The number of para-hydroxylation sites is 3. The van der Waals surface area contributed by atoms with Gasteiger partial charge in [0.15, 0.2) is 5.41 Å². The third-order valence-electron chi connectivity index (χ3n) is 8.10. The van der Waals surface area contributed by atoms with Crippen molar-refractivity contribution in [3.63, 3.8) is 0 Å². The number of carbonyl (C=O) groups is 5. The van der Waals surface area contributed by atoms with Crippen LogP contribution >= 0.6 is 0 Å². The lowest BCUT2D eigenvalue weighted by Crippen LogP contribution is -2.54. The molecule has 1 aliphatic heterocycles. The zero-order valence-electron chi connectivity index (χ0n) is 25.7. The van der Waals surface area contributed by atoms with Crippen molar-refractivity contribution in [1.29, 1.82) is 0 Å². The van der Waals surface area contributed by atoms with E-state index in [0.29, 0.717) is 16.9 Å². The fraction of sp³-hybridized carbons (Fsp3) is 0.194. The Hall–Kier alpha value is -5.77. The molecule has 0 saturated carbocycles. The van der Waals surface area contributed by atoms with Gasteiger partial charge in [0.1, 0.15) is 6.54 Å². The maximum atomic E-state index is 15.0. The molecule has 234 valence electrons. The summed E-state index contributed by atoms with van der Waals surface area (Å²) >= 11 is 0. The van der Waals surface area contributed by atoms with Crippen LogP contribution in [0.4, 0.5) is 22.7 Å². The molecule has 4 aromatic rings. The lowest BCUT2D eigenvalue weighted by Gasteiger charge is -2.34. The van der Waals surface area contributed by atoms with Crippen LogP contribution in [0.5, 0.6) is 0 Å². The van der Waals surface area contributed by atoms with Gasteiger partial charge in [0, 0.05) is 17.4 Å². The molecule has 0 fully saturated rings. The minimum atomic E-state index is -2.00. The summed E-state index contributed by atoms with van der Waals surface area (Å²) in [6, 6.07) is 28.0. The highest BCUT2D eigenvalue weighted by Gasteiger charge is 2.52. The predicted octanol–water partition coefficient (Wildman–Crippen LogP) is 4.82. The first-order chi connectivity index (χ1) is 21.9. The number of carboxylic acids is 1. The van der Waals surface area contributed by atoms with Crippen molar-refractivity contribution in [2.45, 2.75) is 38.6 Å². The van der Waals surface area contributed by atoms with Gasteiger partial charge in [-0.15, -0.1) is 0 Å². The van der Waals surface area contributed by atoms with E-state index in [0.717, 1.165) is 0 Å². The van der Waals surface area contributed by atoms with E-state index in [4.69, 9.17) is 5.73 Å². The first-order valence-electron chi connectivity index (χ1n) is 14.8. The van der Waals surface area contributed by atoms with E-state index in [-0.39, 0.29) is 35.0 Å². The second-order valence-corrected chi connectivity index (χ2v) is 11.5. The van der Waals surface area contributed by atoms with Crippen molar-refractivity contribution < 1.29 is 29.1 Å². The zero-order valence-corrected chi connectivity index (χ0v) is 25.7. The number of carbonyl (C=O) groups excluding carboxylic acids is 4. The number of hydrogen-bond acceptors (Lipinski definition) is 5. The first kappa shape index (κ1) is 31.6.